The predicted molar refractivity (Wildman–Crippen MR) is 86.4 cm³/mol. The number of amides is 1. The van der Waals surface area contributed by atoms with Gasteiger partial charge in [-0.05, 0) is 38.0 Å². The number of hydrogen-bond acceptors (Lipinski definition) is 5. The van der Waals surface area contributed by atoms with Crippen LogP contribution < -0.4 is 11.1 Å². The van der Waals surface area contributed by atoms with Crippen LogP contribution >= 0.6 is 0 Å². The van der Waals surface area contributed by atoms with Gasteiger partial charge in [-0.3, -0.25) is 9.59 Å². The van der Waals surface area contributed by atoms with E-state index in [2.05, 4.69) is 11.4 Å². The lowest BCUT2D eigenvalue weighted by atomic mass is 9.65. The molecule has 120 valence electrons. The number of ketones is 1. The van der Waals surface area contributed by atoms with Crippen LogP contribution in [0.1, 0.15) is 31.7 Å². The highest BCUT2D eigenvalue weighted by Crippen LogP contribution is 2.54. The Morgan fingerprint density at radius 3 is 2.88 bits per heavy atom. The molecule has 3 N–H and O–H groups in total. The topological polar surface area (TPSA) is 105 Å². The van der Waals surface area contributed by atoms with Crippen molar-refractivity contribution in [1.82, 2.24) is 0 Å². The monoisotopic (exact) mass is 321 g/mol. The van der Waals surface area contributed by atoms with E-state index in [0.717, 1.165) is 0 Å². The van der Waals surface area contributed by atoms with Gasteiger partial charge in [-0.25, -0.2) is 0 Å². The number of nitriles is 1. The van der Waals surface area contributed by atoms with E-state index in [-0.39, 0.29) is 28.8 Å². The molecular formula is C18H15N3O3. The number of anilines is 2. The quantitative estimate of drug-likeness (QED) is 0.713. The van der Waals surface area contributed by atoms with Gasteiger partial charge < -0.3 is 15.8 Å². The smallest absolute Gasteiger partial charge is 0.244 e. The van der Waals surface area contributed by atoms with E-state index in [9.17, 15) is 14.9 Å². The fourth-order valence-corrected chi connectivity index (χ4v) is 3.95. The van der Waals surface area contributed by atoms with E-state index >= 15 is 0 Å². The molecule has 0 fully saturated rings. The molecule has 6 heteroatoms. The number of ether oxygens (including phenoxy) is 1. The van der Waals surface area contributed by atoms with E-state index in [1.165, 1.54) is 0 Å². The van der Waals surface area contributed by atoms with Gasteiger partial charge >= 0.3 is 0 Å². The van der Waals surface area contributed by atoms with Gasteiger partial charge in [0.15, 0.2) is 11.5 Å². The van der Waals surface area contributed by atoms with E-state index in [0.29, 0.717) is 41.8 Å². The van der Waals surface area contributed by atoms with Crippen LogP contribution in [0.2, 0.25) is 0 Å². The Hall–Kier alpha value is -3.07. The van der Waals surface area contributed by atoms with Crippen molar-refractivity contribution >= 4 is 23.1 Å². The van der Waals surface area contributed by atoms with Crippen molar-refractivity contribution < 1.29 is 14.3 Å². The molecule has 24 heavy (non-hydrogen) atoms. The van der Waals surface area contributed by atoms with Crippen molar-refractivity contribution in [3.8, 4) is 6.07 Å². The number of carbonyl (C=O) groups is 2. The van der Waals surface area contributed by atoms with Gasteiger partial charge in [0, 0.05) is 28.9 Å². The maximum absolute atomic E-state index is 13.1. The highest BCUT2D eigenvalue weighted by atomic mass is 16.5. The van der Waals surface area contributed by atoms with Crippen molar-refractivity contribution in [1.29, 1.82) is 5.26 Å². The fraction of sp³-hybridized carbons (Fsp3) is 0.278. The zero-order valence-corrected chi connectivity index (χ0v) is 13.1. The highest BCUT2D eigenvalue weighted by Gasteiger charge is 2.58. The summed E-state index contributed by atoms with van der Waals surface area (Å²) in [6.07, 6.45) is 1.54. The van der Waals surface area contributed by atoms with Crippen LogP contribution in [0.5, 0.6) is 0 Å². The Balaban J connectivity index is 2.12. The van der Waals surface area contributed by atoms with Crippen LogP contribution in [-0.4, -0.2) is 11.7 Å². The molecule has 0 radical (unpaired) electrons. The minimum Gasteiger partial charge on any atom is -0.457 e. The van der Waals surface area contributed by atoms with Gasteiger partial charge in [0.05, 0.1) is 5.57 Å². The maximum atomic E-state index is 13.1. The molecule has 0 bridgehead atoms. The van der Waals surface area contributed by atoms with Crippen LogP contribution in [0, 0.1) is 11.3 Å². The number of nitrogens with zero attached hydrogens (tertiary/aromatic N) is 1. The summed E-state index contributed by atoms with van der Waals surface area (Å²) >= 11 is 0. The van der Waals surface area contributed by atoms with E-state index in [1.807, 2.05) is 0 Å². The molecule has 3 aliphatic rings. The second-order valence-corrected chi connectivity index (χ2v) is 6.24. The lowest BCUT2D eigenvalue weighted by molar-refractivity contribution is -0.120. The summed E-state index contributed by atoms with van der Waals surface area (Å²) in [5.41, 5.74) is 7.14. The van der Waals surface area contributed by atoms with Crippen LogP contribution in [0.3, 0.4) is 0 Å². The molecule has 4 rings (SSSR count). The molecule has 0 saturated carbocycles. The Morgan fingerprint density at radius 1 is 1.33 bits per heavy atom. The fourth-order valence-electron chi connectivity index (χ4n) is 3.95. The first kappa shape index (κ1) is 14.5. The number of nitrogen functional groups attached to an aromatic ring is 1. The van der Waals surface area contributed by atoms with Crippen LogP contribution in [0.4, 0.5) is 11.4 Å². The van der Waals surface area contributed by atoms with Crippen molar-refractivity contribution in [2.75, 3.05) is 11.1 Å². The number of carbonyl (C=O) groups excluding carboxylic acids is 2. The van der Waals surface area contributed by atoms with Crippen molar-refractivity contribution in [3.05, 3.63) is 46.4 Å². The Morgan fingerprint density at radius 2 is 2.12 bits per heavy atom. The van der Waals surface area contributed by atoms with E-state index in [1.54, 1.807) is 25.1 Å². The van der Waals surface area contributed by atoms with Crippen molar-refractivity contribution in [2.45, 2.75) is 31.6 Å². The molecule has 1 aromatic rings. The number of nitrogens with two attached hydrogens (primary N) is 1. The number of rotatable bonds is 0. The largest absolute Gasteiger partial charge is 0.457 e. The van der Waals surface area contributed by atoms with Gasteiger partial charge in [-0.2, -0.15) is 5.26 Å². The molecule has 1 unspecified atom stereocenters. The Kier molecular flexibility index (Phi) is 2.85. The standard InChI is InChI=1S/C18H15N3O3/c1-9-13(8-19)18(11-3-2-4-15(22)16(11)24-9)12-7-10(20)5-6-14(12)21-17(18)23/h5-7H,2-4,20H2,1H3,(H,21,23). The number of fused-ring (bicyclic) bond motifs is 3. The minimum absolute atomic E-state index is 0.128. The van der Waals surface area contributed by atoms with Crippen molar-refractivity contribution in [2.24, 2.45) is 0 Å². The first-order chi connectivity index (χ1) is 11.5. The highest BCUT2D eigenvalue weighted by molar-refractivity contribution is 6.14. The van der Waals surface area contributed by atoms with E-state index < -0.39 is 5.41 Å². The molecule has 6 nitrogen and oxygen atoms in total. The third-order valence-corrected chi connectivity index (χ3v) is 4.94. The van der Waals surface area contributed by atoms with Crippen molar-refractivity contribution in [3.63, 3.8) is 0 Å². The SMILES string of the molecule is CC1=C(C#N)C2(C(=O)Nc3ccc(N)cc32)C2=C(O1)C(=O)CCC2. The molecule has 2 aliphatic heterocycles. The molecule has 1 atom stereocenters. The van der Waals surface area contributed by atoms with Crippen LogP contribution in [-0.2, 0) is 19.7 Å². The average molecular weight is 321 g/mol. The molecule has 1 amide bonds. The summed E-state index contributed by atoms with van der Waals surface area (Å²) in [6.45, 7) is 1.61. The first-order valence-corrected chi connectivity index (χ1v) is 7.77. The second kappa shape index (κ2) is 4.71. The summed E-state index contributed by atoms with van der Waals surface area (Å²) in [7, 11) is 0. The maximum Gasteiger partial charge on any atom is 0.244 e. The summed E-state index contributed by atoms with van der Waals surface area (Å²) in [5, 5.41) is 12.6. The normalized spacial score (nSPS) is 25.2. The predicted octanol–water partition coefficient (Wildman–Crippen LogP) is 2.29. The molecule has 0 aromatic heterocycles. The molecular weight excluding hydrogens is 306 g/mol. The number of hydrogen-bond donors (Lipinski definition) is 2. The van der Waals surface area contributed by atoms with Crippen LogP contribution in [0.15, 0.2) is 40.9 Å². The summed E-state index contributed by atoms with van der Waals surface area (Å²) in [4.78, 5) is 25.4. The van der Waals surface area contributed by atoms with Gasteiger partial charge in [0.25, 0.3) is 0 Å². The average Bonchev–Trinajstić information content (AvgIpc) is 2.82. The zero-order chi connectivity index (χ0) is 17.1. The zero-order valence-electron chi connectivity index (χ0n) is 13.1. The number of Topliss-reactive ketones (excluding diaryl/α,β-unsaturated/α-hetero) is 1. The summed E-state index contributed by atoms with van der Waals surface area (Å²) in [6, 6.07) is 7.25. The lowest BCUT2D eigenvalue weighted by Crippen LogP contribution is -2.43. The molecule has 2 heterocycles. The molecule has 1 aromatic carbocycles. The lowest BCUT2D eigenvalue weighted by Gasteiger charge is -2.37. The van der Waals surface area contributed by atoms with E-state index in [4.69, 9.17) is 10.5 Å². The first-order valence-electron chi connectivity index (χ1n) is 7.77. The van der Waals surface area contributed by atoms with Gasteiger partial charge in [0.1, 0.15) is 17.2 Å². The third kappa shape index (κ3) is 1.59. The third-order valence-electron chi connectivity index (χ3n) is 4.94. The molecule has 1 spiro atoms. The molecule has 0 saturated heterocycles. The van der Waals surface area contributed by atoms with Gasteiger partial charge in [-0.15, -0.1) is 0 Å². The minimum atomic E-state index is -1.31. The number of nitrogens with one attached hydrogen (secondary N) is 1. The summed E-state index contributed by atoms with van der Waals surface area (Å²) < 4.78 is 5.66. The Labute approximate surface area is 138 Å². The van der Waals surface area contributed by atoms with Gasteiger partial charge in [0.2, 0.25) is 5.91 Å². The summed E-state index contributed by atoms with van der Waals surface area (Å²) in [5.74, 6) is 0.0433. The van der Waals surface area contributed by atoms with Crippen LogP contribution in [0.25, 0.3) is 0 Å². The number of benzene rings is 1. The van der Waals surface area contributed by atoms with Gasteiger partial charge in [-0.1, -0.05) is 0 Å². The second-order valence-electron chi connectivity index (χ2n) is 6.24. The molecule has 1 aliphatic carbocycles. The number of allylic oxidation sites excluding steroid dienone is 2. The Bertz CT molecular complexity index is 920.